The van der Waals surface area contributed by atoms with Crippen molar-refractivity contribution in [3.63, 3.8) is 0 Å². The van der Waals surface area contributed by atoms with Gasteiger partial charge in [-0.15, -0.1) is 0 Å². The lowest BCUT2D eigenvalue weighted by molar-refractivity contribution is -0.385. The number of rotatable bonds is 10. The fourth-order valence-electron chi connectivity index (χ4n) is 3.69. The maximum atomic E-state index is 13.0. The molecule has 0 unspecified atom stereocenters. The van der Waals surface area contributed by atoms with Crippen molar-refractivity contribution in [1.29, 1.82) is 0 Å². The molecule has 31 heavy (non-hydrogen) atoms. The fourth-order valence-corrected chi connectivity index (χ4v) is 3.69. The number of nitro groups is 2. The van der Waals surface area contributed by atoms with Gasteiger partial charge in [-0.2, -0.15) is 0 Å². The molecule has 2 amide bonds. The van der Waals surface area contributed by atoms with Crippen molar-refractivity contribution in [3.8, 4) is 0 Å². The molecule has 1 heterocycles. The number of hydrogen-bond donors (Lipinski definition) is 2. The molecule has 0 radical (unpaired) electrons. The Kier molecular flexibility index (Phi) is 6.53. The summed E-state index contributed by atoms with van der Waals surface area (Å²) in [4.78, 5) is 49.8. The Balaban J connectivity index is 1.98. The van der Waals surface area contributed by atoms with Crippen LogP contribution in [-0.4, -0.2) is 81.1 Å². The second-order valence-electron chi connectivity index (χ2n) is 7.00. The van der Waals surface area contributed by atoms with Crippen LogP contribution in [0.15, 0.2) is 24.3 Å². The van der Waals surface area contributed by atoms with Crippen molar-refractivity contribution in [1.82, 2.24) is 9.80 Å². The van der Waals surface area contributed by atoms with E-state index in [0.717, 1.165) is 29.2 Å². The molecule has 12 heteroatoms. The highest BCUT2D eigenvalue weighted by Crippen LogP contribution is 2.36. The number of nitrogens with zero attached hydrogens (tertiary/aromatic N) is 4. The SMILES string of the molecule is O=C1c2cc([N+](=O)[O-])cc3cc([N+](=O)[O-])cc(c23)C(=O)N1CCCN(CCO)CCO. The van der Waals surface area contributed by atoms with E-state index in [9.17, 15) is 29.8 Å². The van der Waals surface area contributed by atoms with Crippen LogP contribution in [-0.2, 0) is 0 Å². The molecule has 0 aliphatic carbocycles. The summed E-state index contributed by atoms with van der Waals surface area (Å²) in [5.74, 6) is -1.42. The van der Waals surface area contributed by atoms with Gasteiger partial charge in [-0.1, -0.05) is 0 Å². The minimum Gasteiger partial charge on any atom is -0.395 e. The third-order valence-corrected chi connectivity index (χ3v) is 5.08. The number of carbonyl (C=O) groups excluding carboxylic acids is 2. The van der Waals surface area contributed by atoms with Crippen LogP contribution in [0.2, 0.25) is 0 Å². The third-order valence-electron chi connectivity index (χ3n) is 5.08. The first-order valence-corrected chi connectivity index (χ1v) is 9.49. The largest absolute Gasteiger partial charge is 0.395 e. The fraction of sp³-hybridized carbons (Fsp3) is 0.368. The number of non-ortho nitro benzene ring substituents is 2. The highest BCUT2D eigenvalue weighted by atomic mass is 16.6. The molecule has 0 spiro atoms. The van der Waals surface area contributed by atoms with Crippen molar-refractivity contribution in [2.75, 3.05) is 39.4 Å². The van der Waals surface area contributed by atoms with Gasteiger partial charge in [-0.25, -0.2) is 0 Å². The predicted octanol–water partition coefficient (Wildman–Crippen LogP) is 0.929. The van der Waals surface area contributed by atoms with Gasteiger partial charge in [0.2, 0.25) is 0 Å². The first kappa shape index (κ1) is 22.2. The first-order valence-electron chi connectivity index (χ1n) is 9.49. The molecule has 1 aliphatic heterocycles. The number of nitro benzene ring substituents is 2. The summed E-state index contributed by atoms with van der Waals surface area (Å²) < 4.78 is 0. The highest BCUT2D eigenvalue weighted by Gasteiger charge is 2.35. The Morgan fingerprint density at radius 3 is 1.74 bits per heavy atom. The van der Waals surface area contributed by atoms with Crippen LogP contribution in [0.4, 0.5) is 11.4 Å². The third kappa shape index (κ3) is 4.35. The van der Waals surface area contributed by atoms with E-state index < -0.39 is 33.0 Å². The van der Waals surface area contributed by atoms with Crippen LogP contribution in [0.3, 0.4) is 0 Å². The number of benzene rings is 2. The van der Waals surface area contributed by atoms with Crippen molar-refractivity contribution >= 4 is 34.0 Å². The van der Waals surface area contributed by atoms with Crippen LogP contribution in [0.5, 0.6) is 0 Å². The van der Waals surface area contributed by atoms with Crippen LogP contribution in [0, 0.1) is 20.2 Å². The summed E-state index contributed by atoms with van der Waals surface area (Å²) in [6.45, 7) is 0.724. The molecule has 0 aromatic heterocycles. The zero-order valence-corrected chi connectivity index (χ0v) is 16.4. The van der Waals surface area contributed by atoms with Crippen LogP contribution in [0.1, 0.15) is 27.1 Å². The lowest BCUT2D eigenvalue weighted by Crippen LogP contribution is -2.42. The summed E-state index contributed by atoms with van der Waals surface area (Å²) in [6, 6.07) is 4.35. The lowest BCUT2D eigenvalue weighted by atomic mass is 9.92. The van der Waals surface area contributed by atoms with Crippen LogP contribution < -0.4 is 0 Å². The summed E-state index contributed by atoms with van der Waals surface area (Å²) in [5, 5.41) is 41.0. The topological polar surface area (TPSA) is 167 Å². The smallest absolute Gasteiger partial charge is 0.270 e. The molecule has 3 rings (SSSR count). The minimum atomic E-state index is -0.712. The number of aliphatic hydroxyl groups is 2. The first-order chi connectivity index (χ1) is 14.8. The van der Waals surface area contributed by atoms with Crippen molar-refractivity contribution < 1.29 is 29.6 Å². The molecule has 0 saturated carbocycles. The van der Waals surface area contributed by atoms with E-state index in [-0.39, 0.29) is 41.7 Å². The van der Waals surface area contributed by atoms with E-state index in [1.54, 1.807) is 4.90 Å². The molecule has 0 fully saturated rings. The van der Waals surface area contributed by atoms with Crippen LogP contribution >= 0.6 is 0 Å². The Morgan fingerprint density at radius 1 is 0.839 bits per heavy atom. The average Bonchev–Trinajstić information content (AvgIpc) is 2.73. The van der Waals surface area contributed by atoms with Crippen LogP contribution in [0.25, 0.3) is 10.8 Å². The monoisotopic (exact) mass is 432 g/mol. The maximum Gasteiger partial charge on any atom is 0.270 e. The normalized spacial score (nSPS) is 13.3. The molecule has 2 N–H and O–H groups in total. The molecule has 164 valence electrons. The number of amides is 2. The molecule has 0 saturated heterocycles. The molecule has 12 nitrogen and oxygen atoms in total. The summed E-state index contributed by atoms with van der Waals surface area (Å²) in [7, 11) is 0. The number of carbonyl (C=O) groups is 2. The second kappa shape index (κ2) is 9.12. The van der Waals surface area contributed by atoms with Gasteiger partial charge in [0, 0.05) is 55.8 Å². The highest BCUT2D eigenvalue weighted by molar-refractivity contribution is 6.26. The Bertz CT molecular complexity index is 996. The molecule has 2 aromatic rings. The van der Waals surface area contributed by atoms with Crippen molar-refractivity contribution in [2.45, 2.75) is 6.42 Å². The van der Waals surface area contributed by atoms with Crippen molar-refractivity contribution in [3.05, 3.63) is 55.6 Å². The summed E-state index contributed by atoms with van der Waals surface area (Å²) in [5.41, 5.74) is -0.935. The van der Waals surface area contributed by atoms with E-state index in [4.69, 9.17) is 10.2 Å². The van der Waals surface area contributed by atoms with E-state index in [0.29, 0.717) is 26.1 Å². The molecule has 2 aromatic carbocycles. The molecular formula is C19H20N4O8. The maximum absolute atomic E-state index is 13.0. The molecule has 0 atom stereocenters. The summed E-state index contributed by atoms with van der Waals surface area (Å²) in [6.07, 6.45) is 0.319. The van der Waals surface area contributed by atoms with Gasteiger partial charge in [-0.3, -0.25) is 39.6 Å². The van der Waals surface area contributed by atoms with E-state index >= 15 is 0 Å². The zero-order valence-electron chi connectivity index (χ0n) is 16.4. The lowest BCUT2D eigenvalue weighted by Gasteiger charge is -2.28. The summed E-state index contributed by atoms with van der Waals surface area (Å²) >= 11 is 0. The number of aliphatic hydroxyl groups excluding tert-OH is 2. The zero-order chi connectivity index (χ0) is 22.7. The standard InChI is InChI=1S/C19H20N4O8/c24-6-4-20(5-7-25)2-1-3-21-18(26)15-10-13(22(28)29)8-12-9-14(23(30)31)11-16(17(12)15)19(21)27/h8-11,24-25H,1-7H2. The number of hydrogen-bond acceptors (Lipinski definition) is 9. The number of imide groups is 1. The van der Waals surface area contributed by atoms with Gasteiger partial charge in [0.25, 0.3) is 23.2 Å². The van der Waals surface area contributed by atoms with Gasteiger partial charge < -0.3 is 10.2 Å². The van der Waals surface area contributed by atoms with E-state index in [2.05, 4.69) is 0 Å². The van der Waals surface area contributed by atoms with Gasteiger partial charge >= 0.3 is 0 Å². The second-order valence-corrected chi connectivity index (χ2v) is 7.00. The quantitative estimate of drug-likeness (QED) is 0.315. The van der Waals surface area contributed by atoms with Gasteiger partial charge in [-0.05, 0) is 11.8 Å². The van der Waals surface area contributed by atoms with E-state index in [1.165, 1.54) is 0 Å². The molecule has 1 aliphatic rings. The Hall–Kier alpha value is -3.48. The molecule has 0 bridgehead atoms. The average molecular weight is 432 g/mol. The van der Waals surface area contributed by atoms with Gasteiger partial charge in [0.1, 0.15) is 0 Å². The van der Waals surface area contributed by atoms with Gasteiger partial charge in [0.15, 0.2) is 0 Å². The van der Waals surface area contributed by atoms with Crippen molar-refractivity contribution in [2.24, 2.45) is 0 Å². The Labute approximate surface area is 175 Å². The predicted molar refractivity (Wildman–Crippen MR) is 108 cm³/mol. The minimum absolute atomic E-state index is 0.0304. The van der Waals surface area contributed by atoms with Gasteiger partial charge in [0.05, 0.1) is 34.2 Å². The molecular weight excluding hydrogens is 412 g/mol. The Morgan fingerprint density at radius 2 is 1.32 bits per heavy atom. The van der Waals surface area contributed by atoms with E-state index in [1.807, 2.05) is 0 Å².